The van der Waals surface area contributed by atoms with E-state index in [1.54, 1.807) is 0 Å². The van der Waals surface area contributed by atoms with Gasteiger partial charge in [-0.1, -0.05) is 58.1 Å². The van der Waals surface area contributed by atoms with Crippen molar-refractivity contribution in [3.8, 4) is 0 Å². The Morgan fingerprint density at radius 1 is 1.20 bits per heavy atom. The Kier molecular flexibility index (Phi) is 5.00. The van der Waals surface area contributed by atoms with Crippen LogP contribution in [0.1, 0.15) is 78.6 Å². The van der Waals surface area contributed by atoms with Gasteiger partial charge in [0.1, 0.15) is 11.7 Å². The molecule has 5 rings (SSSR count). The molecule has 0 aromatic carbocycles. The van der Waals surface area contributed by atoms with Crippen molar-refractivity contribution in [1.29, 1.82) is 0 Å². The van der Waals surface area contributed by atoms with Crippen LogP contribution >= 0.6 is 11.8 Å². The summed E-state index contributed by atoms with van der Waals surface area (Å²) in [6.45, 7) is 6.63. The fourth-order valence-corrected chi connectivity index (χ4v) is 10.9. The van der Waals surface area contributed by atoms with Crippen LogP contribution in [0, 0.1) is 45.8 Å². The molecule has 0 aromatic rings. The summed E-state index contributed by atoms with van der Waals surface area (Å²) in [5.74, 6) is 2.04. The lowest BCUT2D eigenvalue weighted by molar-refractivity contribution is -0.177. The highest BCUT2D eigenvalue weighted by atomic mass is 32.2. The van der Waals surface area contributed by atoms with Gasteiger partial charge < -0.3 is 9.90 Å². The minimum atomic E-state index is -0.979. The molecule has 30 heavy (non-hydrogen) atoms. The van der Waals surface area contributed by atoms with Gasteiger partial charge in [-0.15, -0.1) is 0 Å². The quantitative estimate of drug-likeness (QED) is 0.416. The molecule has 5 aliphatic rings. The first-order valence-electron chi connectivity index (χ1n) is 12.4. The fraction of sp³-hybridized carbons (Fsp3) is 0.846. The predicted molar refractivity (Wildman–Crippen MR) is 121 cm³/mol. The van der Waals surface area contributed by atoms with Gasteiger partial charge in [-0.3, -0.25) is 4.79 Å². The zero-order valence-corrected chi connectivity index (χ0v) is 19.7. The smallest absolute Gasteiger partial charge is 0.315 e. The van der Waals surface area contributed by atoms with Crippen molar-refractivity contribution in [2.75, 3.05) is 5.75 Å². The second-order valence-electron chi connectivity index (χ2n) is 11.6. The maximum Gasteiger partial charge on any atom is 0.315 e. The summed E-state index contributed by atoms with van der Waals surface area (Å²) in [4.78, 5) is 26.4. The normalized spacial score (nSPS) is 47.4. The van der Waals surface area contributed by atoms with Gasteiger partial charge in [0.05, 0.1) is 5.41 Å². The topological polar surface area (TPSA) is 54.4 Å². The average molecular weight is 431 g/mol. The van der Waals surface area contributed by atoms with Crippen molar-refractivity contribution in [3.63, 3.8) is 0 Å². The molecule has 5 aliphatic carbocycles. The monoisotopic (exact) mass is 430 g/mol. The molecule has 166 valence electrons. The molecular formula is C26H38O3S. The van der Waals surface area contributed by atoms with E-state index in [1.807, 2.05) is 0 Å². The van der Waals surface area contributed by atoms with Gasteiger partial charge in [-0.05, 0) is 61.7 Å². The maximum absolute atomic E-state index is 13.4. The van der Waals surface area contributed by atoms with E-state index in [0.29, 0.717) is 17.1 Å². The third-order valence-corrected chi connectivity index (χ3v) is 11.9. The Hall–Kier alpha value is -0.770. The molecule has 0 aliphatic heterocycles. The Balaban J connectivity index is 1.64. The van der Waals surface area contributed by atoms with Crippen LogP contribution in [-0.2, 0) is 9.59 Å². The minimum Gasteiger partial charge on any atom is -0.481 e. The van der Waals surface area contributed by atoms with Crippen LogP contribution < -0.4 is 0 Å². The van der Waals surface area contributed by atoms with E-state index < -0.39 is 16.8 Å². The molecular weight excluding hydrogens is 392 g/mol. The first-order chi connectivity index (χ1) is 14.3. The van der Waals surface area contributed by atoms with E-state index in [9.17, 15) is 14.7 Å². The number of fused-ring (bicyclic) bond motifs is 2. The lowest BCUT2D eigenvalue weighted by atomic mass is 9.43. The molecule has 0 amide bonds. The highest BCUT2D eigenvalue weighted by Crippen LogP contribution is 2.83. The molecule has 4 fully saturated rings. The van der Waals surface area contributed by atoms with Crippen LogP contribution in [0.4, 0.5) is 0 Å². The van der Waals surface area contributed by atoms with Crippen molar-refractivity contribution >= 4 is 24.0 Å². The molecule has 6 unspecified atom stereocenters. The second-order valence-corrected chi connectivity index (χ2v) is 12.8. The molecule has 3 nitrogen and oxygen atoms in total. The third-order valence-electron chi connectivity index (χ3n) is 10.3. The van der Waals surface area contributed by atoms with Gasteiger partial charge in [-0.2, -0.15) is 11.8 Å². The molecule has 1 N–H and O–H groups in total. The Labute approximate surface area is 185 Å². The lowest BCUT2D eigenvalue weighted by Crippen LogP contribution is -2.63. The van der Waals surface area contributed by atoms with E-state index in [0.717, 1.165) is 43.3 Å². The van der Waals surface area contributed by atoms with Crippen molar-refractivity contribution in [3.05, 3.63) is 11.6 Å². The van der Waals surface area contributed by atoms with Gasteiger partial charge in [0.15, 0.2) is 0 Å². The van der Waals surface area contributed by atoms with Gasteiger partial charge >= 0.3 is 5.97 Å². The number of carboxylic acid groups (broad SMARTS) is 1. The summed E-state index contributed by atoms with van der Waals surface area (Å²) in [6.07, 6.45) is 14.0. The standard InChI is InChI=1S/C26H38O3S/c1-16(2)22-11-18-12-24(14-27)21-10-9-17(3)20(21)13-25(18,26(22,24)23(28)29)15-30-19-7-5-4-6-8-19/h11,14,16-21H,4-10,12-13,15H2,1-3H3,(H,28,29)/t17?,18?,20-,21?,24?,25?,26?/m1/s1. The minimum absolute atomic E-state index is 0.181. The first-order valence-corrected chi connectivity index (χ1v) is 13.4. The number of hydrogen-bond donors (Lipinski definition) is 1. The summed E-state index contributed by atoms with van der Waals surface area (Å²) < 4.78 is 0. The van der Waals surface area contributed by atoms with Crippen LogP contribution in [0.3, 0.4) is 0 Å². The van der Waals surface area contributed by atoms with Crippen molar-refractivity contribution < 1.29 is 14.7 Å². The molecule has 0 radical (unpaired) electrons. The molecule has 4 heteroatoms. The number of allylic oxidation sites excluding steroid dienone is 1. The van der Waals surface area contributed by atoms with Crippen LogP contribution in [0.15, 0.2) is 11.6 Å². The Morgan fingerprint density at radius 2 is 1.93 bits per heavy atom. The van der Waals surface area contributed by atoms with Crippen LogP contribution in [0.5, 0.6) is 0 Å². The van der Waals surface area contributed by atoms with E-state index in [-0.39, 0.29) is 23.2 Å². The SMILES string of the molecule is CC(C)C1=CC2CC3(C=O)C4CCC(C)[C@H]4CC2(CSC2CCCCC2)C13C(=O)O. The summed E-state index contributed by atoms with van der Waals surface area (Å²) >= 11 is 2.06. The molecule has 7 atom stereocenters. The average Bonchev–Trinajstić information content (AvgIpc) is 3.30. The summed E-state index contributed by atoms with van der Waals surface area (Å²) in [5.41, 5.74) is -0.867. The lowest BCUT2D eigenvalue weighted by Gasteiger charge is -2.58. The predicted octanol–water partition coefficient (Wildman–Crippen LogP) is 5.98. The molecule has 4 saturated carbocycles. The summed E-state index contributed by atoms with van der Waals surface area (Å²) in [5, 5.41) is 11.7. The summed E-state index contributed by atoms with van der Waals surface area (Å²) in [7, 11) is 0. The highest BCUT2D eigenvalue weighted by molar-refractivity contribution is 7.99. The third kappa shape index (κ3) is 2.35. The number of carboxylic acids is 1. The van der Waals surface area contributed by atoms with Crippen LogP contribution in [0.2, 0.25) is 0 Å². The van der Waals surface area contributed by atoms with Crippen LogP contribution in [0.25, 0.3) is 0 Å². The number of thioether (sulfide) groups is 1. The number of aldehydes is 1. The van der Waals surface area contributed by atoms with Gasteiger partial charge in [-0.25, -0.2) is 0 Å². The van der Waals surface area contributed by atoms with Crippen molar-refractivity contribution in [2.24, 2.45) is 45.8 Å². The number of rotatable bonds is 6. The molecule has 0 saturated heterocycles. The van der Waals surface area contributed by atoms with E-state index in [1.165, 1.54) is 32.1 Å². The number of aliphatic carboxylic acids is 1. The largest absolute Gasteiger partial charge is 0.481 e. The fourth-order valence-electron chi connectivity index (χ4n) is 9.13. The van der Waals surface area contributed by atoms with E-state index in [2.05, 4.69) is 38.6 Å². The maximum atomic E-state index is 13.4. The van der Waals surface area contributed by atoms with E-state index >= 15 is 0 Å². The Bertz CT molecular complexity index is 768. The van der Waals surface area contributed by atoms with Gasteiger partial charge in [0.2, 0.25) is 0 Å². The number of hydrogen-bond acceptors (Lipinski definition) is 3. The molecule has 0 spiro atoms. The Morgan fingerprint density at radius 3 is 2.57 bits per heavy atom. The van der Waals surface area contributed by atoms with Gasteiger partial charge in [0, 0.05) is 16.4 Å². The summed E-state index contributed by atoms with van der Waals surface area (Å²) in [6, 6.07) is 0. The van der Waals surface area contributed by atoms with Crippen molar-refractivity contribution in [1.82, 2.24) is 0 Å². The highest BCUT2D eigenvalue weighted by Gasteiger charge is 2.84. The van der Waals surface area contributed by atoms with Crippen LogP contribution in [-0.4, -0.2) is 28.4 Å². The number of carbonyl (C=O) groups excluding carboxylic acids is 1. The van der Waals surface area contributed by atoms with E-state index in [4.69, 9.17) is 0 Å². The zero-order valence-electron chi connectivity index (χ0n) is 18.9. The second kappa shape index (κ2) is 7.12. The molecule has 4 bridgehead atoms. The van der Waals surface area contributed by atoms with Crippen molar-refractivity contribution in [2.45, 2.75) is 83.8 Å². The zero-order chi connectivity index (χ0) is 21.3. The number of carbonyl (C=O) groups is 2. The first kappa shape index (κ1) is 21.1. The van der Waals surface area contributed by atoms with Gasteiger partial charge in [0.25, 0.3) is 0 Å². The molecule has 0 aromatic heterocycles. The molecule has 0 heterocycles.